The molecule has 3 aromatic heterocycles. The number of thiazole rings is 1. The van der Waals surface area contributed by atoms with E-state index in [1.54, 1.807) is 11.6 Å². The van der Waals surface area contributed by atoms with Crippen LogP contribution in [0.1, 0.15) is 30.8 Å². The van der Waals surface area contributed by atoms with Crippen molar-refractivity contribution in [2.45, 2.75) is 20.3 Å². The number of pyridine rings is 1. The van der Waals surface area contributed by atoms with Crippen LogP contribution >= 0.6 is 11.3 Å². The number of hydrogen-bond acceptors (Lipinski definition) is 4. The Bertz CT molecular complexity index is 790. The van der Waals surface area contributed by atoms with Gasteiger partial charge in [-0.25, -0.2) is 9.97 Å². The zero-order valence-corrected chi connectivity index (χ0v) is 13.4. The monoisotopic (exact) mass is 314 g/mol. The first-order chi connectivity index (χ1) is 10.6. The Hall–Kier alpha value is -2.21. The second kappa shape index (κ2) is 6.27. The molecule has 114 valence electrons. The van der Waals surface area contributed by atoms with E-state index in [4.69, 9.17) is 0 Å². The van der Waals surface area contributed by atoms with Crippen LogP contribution in [0.4, 0.5) is 0 Å². The Morgan fingerprint density at radius 3 is 3.09 bits per heavy atom. The van der Waals surface area contributed by atoms with E-state index in [-0.39, 0.29) is 5.91 Å². The number of nitrogens with zero attached hydrogens (tertiary/aromatic N) is 2. The minimum atomic E-state index is -0.109. The van der Waals surface area contributed by atoms with Gasteiger partial charge in [0.1, 0.15) is 16.3 Å². The van der Waals surface area contributed by atoms with Crippen molar-refractivity contribution in [3.8, 4) is 10.6 Å². The third-order valence-electron chi connectivity index (χ3n) is 3.43. The molecule has 0 aliphatic carbocycles. The standard InChI is InChI=1S/C16H18N4OS/c1-10(2)3-6-19-15(21)13-9-22-16(20-13)12-5-8-18-14-11(12)4-7-17-14/h4-5,7-10H,3,6H2,1-2H3,(H,17,18)(H,19,21). The maximum Gasteiger partial charge on any atom is 0.270 e. The van der Waals surface area contributed by atoms with Crippen LogP contribution in [0.5, 0.6) is 0 Å². The predicted octanol–water partition coefficient (Wildman–Crippen LogP) is 3.46. The molecule has 0 saturated carbocycles. The number of rotatable bonds is 5. The summed E-state index contributed by atoms with van der Waals surface area (Å²) in [6.45, 7) is 4.96. The van der Waals surface area contributed by atoms with E-state index in [2.05, 4.69) is 34.1 Å². The number of hydrogen-bond donors (Lipinski definition) is 2. The van der Waals surface area contributed by atoms with Crippen LogP contribution in [0.25, 0.3) is 21.6 Å². The van der Waals surface area contributed by atoms with Gasteiger partial charge in [0.25, 0.3) is 5.91 Å². The highest BCUT2D eigenvalue weighted by molar-refractivity contribution is 7.13. The largest absolute Gasteiger partial charge is 0.351 e. The molecule has 0 unspecified atom stereocenters. The highest BCUT2D eigenvalue weighted by atomic mass is 32.1. The molecular weight excluding hydrogens is 296 g/mol. The first-order valence-electron chi connectivity index (χ1n) is 7.31. The van der Waals surface area contributed by atoms with Crippen molar-refractivity contribution in [2.75, 3.05) is 6.54 Å². The van der Waals surface area contributed by atoms with E-state index in [9.17, 15) is 4.79 Å². The van der Waals surface area contributed by atoms with Gasteiger partial charge in [-0.15, -0.1) is 11.3 Å². The molecule has 0 aliphatic heterocycles. The van der Waals surface area contributed by atoms with Crippen molar-refractivity contribution in [3.05, 3.63) is 35.6 Å². The highest BCUT2D eigenvalue weighted by Crippen LogP contribution is 2.29. The molecule has 0 radical (unpaired) electrons. The minimum absolute atomic E-state index is 0.109. The Balaban J connectivity index is 1.79. The number of amides is 1. The normalized spacial score (nSPS) is 11.2. The number of carbonyl (C=O) groups is 1. The number of H-pyrrole nitrogens is 1. The number of aromatic nitrogens is 3. The Labute approximate surface area is 132 Å². The maximum atomic E-state index is 12.1. The smallest absolute Gasteiger partial charge is 0.270 e. The Morgan fingerprint density at radius 1 is 1.41 bits per heavy atom. The molecule has 1 amide bonds. The van der Waals surface area contributed by atoms with Gasteiger partial charge in [-0.2, -0.15) is 0 Å². The molecule has 6 heteroatoms. The van der Waals surface area contributed by atoms with Crippen molar-refractivity contribution in [1.29, 1.82) is 0 Å². The zero-order chi connectivity index (χ0) is 15.5. The first kappa shape index (κ1) is 14.7. The number of fused-ring (bicyclic) bond motifs is 1. The second-order valence-electron chi connectivity index (χ2n) is 5.57. The van der Waals surface area contributed by atoms with Gasteiger partial charge in [0, 0.05) is 35.3 Å². The van der Waals surface area contributed by atoms with Crippen LogP contribution in [0, 0.1) is 5.92 Å². The topological polar surface area (TPSA) is 70.7 Å². The summed E-state index contributed by atoms with van der Waals surface area (Å²) in [5.41, 5.74) is 2.30. The van der Waals surface area contributed by atoms with Crippen LogP contribution in [-0.4, -0.2) is 27.4 Å². The van der Waals surface area contributed by atoms with Crippen LogP contribution in [0.15, 0.2) is 29.9 Å². The summed E-state index contributed by atoms with van der Waals surface area (Å²) >= 11 is 1.48. The van der Waals surface area contributed by atoms with Gasteiger partial charge >= 0.3 is 0 Å². The SMILES string of the molecule is CC(C)CCNC(=O)c1csc(-c2ccnc3[nH]ccc23)n1. The van der Waals surface area contributed by atoms with E-state index < -0.39 is 0 Å². The first-order valence-corrected chi connectivity index (χ1v) is 8.19. The van der Waals surface area contributed by atoms with Crippen LogP contribution in [0.3, 0.4) is 0 Å². The number of nitrogens with one attached hydrogen (secondary N) is 2. The van der Waals surface area contributed by atoms with Crippen LogP contribution < -0.4 is 5.32 Å². The molecule has 3 heterocycles. The zero-order valence-electron chi connectivity index (χ0n) is 12.6. The van der Waals surface area contributed by atoms with E-state index in [0.717, 1.165) is 28.0 Å². The quantitative estimate of drug-likeness (QED) is 0.757. The molecule has 22 heavy (non-hydrogen) atoms. The third-order valence-corrected chi connectivity index (χ3v) is 4.31. The van der Waals surface area contributed by atoms with Crippen molar-refractivity contribution < 1.29 is 4.79 Å². The van der Waals surface area contributed by atoms with Gasteiger partial charge in [-0.05, 0) is 24.5 Å². The van der Waals surface area contributed by atoms with Gasteiger partial charge in [-0.1, -0.05) is 13.8 Å². The molecule has 5 nitrogen and oxygen atoms in total. The van der Waals surface area contributed by atoms with Crippen molar-refractivity contribution in [3.63, 3.8) is 0 Å². The summed E-state index contributed by atoms with van der Waals surface area (Å²) in [6, 6.07) is 3.90. The molecule has 0 aliphatic rings. The van der Waals surface area contributed by atoms with Gasteiger partial charge in [0.2, 0.25) is 0 Å². The third kappa shape index (κ3) is 3.01. The molecule has 3 rings (SSSR count). The summed E-state index contributed by atoms with van der Waals surface area (Å²) in [4.78, 5) is 23.9. The molecule has 3 aromatic rings. The van der Waals surface area contributed by atoms with Crippen molar-refractivity contribution >= 4 is 28.3 Å². The number of carbonyl (C=O) groups excluding carboxylic acids is 1. The molecule has 0 bridgehead atoms. The summed E-state index contributed by atoms with van der Waals surface area (Å²) in [7, 11) is 0. The van der Waals surface area contributed by atoms with Crippen LogP contribution in [-0.2, 0) is 0 Å². The van der Waals surface area contributed by atoms with Gasteiger partial charge < -0.3 is 10.3 Å². The fraction of sp³-hybridized carbons (Fsp3) is 0.312. The highest BCUT2D eigenvalue weighted by Gasteiger charge is 2.13. The van der Waals surface area contributed by atoms with Gasteiger partial charge in [0.05, 0.1) is 0 Å². The molecule has 0 spiro atoms. The lowest BCUT2D eigenvalue weighted by Crippen LogP contribution is -2.25. The molecule has 0 saturated heterocycles. The van der Waals surface area contributed by atoms with Crippen LogP contribution in [0.2, 0.25) is 0 Å². The van der Waals surface area contributed by atoms with E-state index >= 15 is 0 Å². The molecular formula is C16H18N4OS. The maximum absolute atomic E-state index is 12.1. The lowest BCUT2D eigenvalue weighted by molar-refractivity contribution is 0.0948. The van der Waals surface area contributed by atoms with Crippen molar-refractivity contribution in [1.82, 2.24) is 20.3 Å². The van der Waals surface area contributed by atoms with Crippen molar-refractivity contribution in [2.24, 2.45) is 5.92 Å². The van der Waals surface area contributed by atoms with E-state index in [1.807, 2.05) is 18.3 Å². The molecule has 0 fully saturated rings. The Kier molecular flexibility index (Phi) is 4.20. The summed E-state index contributed by atoms with van der Waals surface area (Å²) in [5.74, 6) is 0.465. The van der Waals surface area contributed by atoms with Gasteiger partial charge in [-0.3, -0.25) is 4.79 Å². The predicted molar refractivity (Wildman–Crippen MR) is 89.0 cm³/mol. The molecule has 2 N–H and O–H groups in total. The summed E-state index contributed by atoms with van der Waals surface area (Å²) in [6.07, 6.45) is 4.57. The number of aromatic amines is 1. The van der Waals surface area contributed by atoms with Gasteiger partial charge in [0.15, 0.2) is 0 Å². The lowest BCUT2D eigenvalue weighted by Gasteiger charge is -2.05. The fourth-order valence-corrected chi connectivity index (χ4v) is 3.05. The van der Waals surface area contributed by atoms with E-state index in [1.165, 1.54) is 11.3 Å². The lowest BCUT2D eigenvalue weighted by atomic mass is 10.1. The minimum Gasteiger partial charge on any atom is -0.351 e. The molecule has 0 aromatic carbocycles. The average molecular weight is 314 g/mol. The summed E-state index contributed by atoms with van der Waals surface area (Å²) in [5, 5.41) is 6.57. The fourth-order valence-electron chi connectivity index (χ4n) is 2.21. The molecule has 0 atom stereocenters. The van der Waals surface area contributed by atoms with E-state index in [0.29, 0.717) is 18.2 Å². The average Bonchev–Trinajstić information content (AvgIpc) is 3.15. The Morgan fingerprint density at radius 2 is 2.27 bits per heavy atom. The second-order valence-corrected chi connectivity index (χ2v) is 6.43. The summed E-state index contributed by atoms with van der Waals surface area (Å²) < 4.78 is 0.